The number of aromatic hydroxyl groups is 1. The summed E-state index contributed by atoms with van der Waals surface area (Å²) in [5.74, 6) is -0.813. The van der Waals surface area contributed by atoms with Crippen molar-refractivity contribution < 1.29 is 25.0 Å². The van der Waals surface area contributed by atoms with E-state index in [4.69, 9.17) is 9.84 Å². The Morgan fingerprint density at radius 3 is 2.34 bits per heavy atom. The summed E-state index contributed by atoms with van der Waals surface area (Å²) in [7, 11) is 0. The molecule has 32 heavy (non-hydrogen) atoms. The zero-order chi connectivity index (χ0) is 24.1. The van der Waals surface area contributed by atoms with Gasteiger partial charge in [-0.15, -0.1) is 0 Å². The molecule has 0 saturated heterocycles. The maximum Gasteiger partial charge on any atom is 0.339 e. The first-order chi connectivity index (χ1) is 15.0. The number of carboxylic acids is 1. The Morgan fingerprint density at radius 1 is 1.16 bits per heavy atom. The monoisotopic (exact) mass is 442 g/mol. The molecule has 0 unspecified atom stereocenters. The fraction of sp³-hybridized carbons (Fsp3) is 0.440. The van der Waals surface area contributed by atoms with Crippen LogP contribution in [0.25, 0.3) is 0 Å². The maximum absolute atomic E-state index is 11.0. The molecule has 0 saturated carbocycles. The number of aromatic carboxylic acids is 1. The number of hydrogen-bond donors (Lipinski definition) is 3. The quantitative estimate of drug-likeness (QED) is 0.283. The summed E-state index contributed by atoms with van der Waals surface area (Å²) in [6.45, 7) is 14.8. The first-order valence-electron chi connectivity index (χ1n) is 10.8. The van der Waals surface area contributed by atoms with E-state index in [-0.39, 0.29) is 29.1 Å². The van der Waals surface area contributed by atoms with Gasteiger partial charge in [0.05, 0.1) is 0 Å². The zero-order valence-electron chi connectivity index (χ0n) is 19.7. The smallest absolute Gasteiger partial charge is 0.339 e. The Morgan fingerprint density at radius 2 is 1.84 bits per heavy atom. The number of ether oxygens (including phenoxy) is 1. The van der Waals surface area contributed by atoms with Crippen LogP contribution in [-0.4, -0.2) is 46.8 Å². The molecule has 0 fully saturated rings. The van der Waals surface area contributed by atoms with Crippen LogP contribution in [0.5, 0.6) is 11.5 Å². The number of phenols is 1. The second-order valence-electron chi connectivity index (χ2n) is 9.23. The van der Waals surface area contributed by atoms with E-state index in [0.717, 1.165) is 29.9 Å². The van der Waals surface area contributed by atoms with Gasteiger partial charge in [-0.2, -0.15) is 0 Å². The van der Waals surface area contributed by atoms with Crippen molar-refractivity contribution in [1.82, 2.24) is 0 Å². The van der Waals surface area contributed by atoms with E-state index in [2.05, 4.69) is 57.7 Å². The van der Waals surface area contributed by atoms with Crippen LogP contribution in [0.3, 0.4) is 0 Å². The van der Waals surface area contributed by atoms with Crippen LogP contribution in [0, 0.1) is 5.92 Å². The lowest BCUT2D eigenvalue weighted by Crippen LogP contribution is -2.30. The van der Waals surface area contributed by atoms with E-state index in [0.29, 0.717) is 11.6 Å². The average molecular weight is 443 g/mol. The van der Waals surface area contributed by atoms with E-state index in [9.17, 15) is 15.1 Å². The first kappa shape index (κ1) is 25.0. The highest BCUT2D eigenvalue weighted by Gasteiger charge is 2.23. The van der Waals surface area contributed by atoms with Gasteiger partial charge in [0.25, 0.3) is 0 Å². The predicted molar refractivity (Wildman–Crippen MR) is 127 cm³/mol. The van der Waals surface area contributed by atoms with Gasteiger partial charge in [-0.1, -0.05) is 45.8 Å². The highest BCUT2D eigenvalue weighted by molar-refractivity contribution is 6.02. The van der Waals surface area contributed by atoms with Crippen molar-refractivity contribution in [3.63, 3.8) is 0 Å². The Balaban J connectivity index is 2.32. The van der Waals surface area contributed by atoms with E-state index in [1.807, 2.05) is 12.1 Å². The van der Waals surface area contributed by atoms with Crippen molar-refractivity contribution in [2.45, 2.75) is 47.0 Å². The van der Waals surface area contributed by atoms with Crippen molar-refractivity contribution >= 4 is 17.4 Å². The molecule has 3 N–H and O–H groups in total. The van der Waals surface area contributed by atoms with Crippen molar-refractivity contribution in [2.75, 3.05) is 24.6 Å². The van der Waals surface area contributed by atoms with Crippen molar-refractivity contribution in [2.24, 2.45) is 11.1 Å². The number of rotatable bonds is 9. The summed E-state index contributed by atoms with van der Waals surface area (Å²) in [6.07, 6.45) is 0. The lowest BCUT2D eigenvalue weighted by Gasteiger charge is -2.32. The van der Waals surface area contributed by atoms with Crippen LogP contribution in [0.2, 0.25) is 0 Å². The molecule has 7 heteroatoms. The minimum Gasteiger partial charge on any atom is -0.507 e. The third-order valence-electron chi connectivity index (χ3n) is 5.14. The Labute approximate surface area is 189 Å². The van der Waals surface area contributed by atoms with Crippen molar-refractivity contribution in [3.05, 3.63) is 53.1 Å². The molecule has 0 aliphatic carbocycles. The lowest BCUT2D eigenvalue weighted by molar-refractivity contribution is 0.0693. The zero-order valence-corrected chi connectivity index (χ0v) is 19.7. The fourth-order valence-electron chi connectivity index (χ4n) is 3.53. The third-order valence-corrected chi connectivity index (χ3v) is 5.14. The molecule has 2 aromatic rings. The highest BCUT2D eigenvalue weighted by atomic mass is 16.5. The van der Waals surface area contributed by atoms with E-state index >= 15 is 0 Å². The number of oxime groups is 1. The molecule has 0 aliphatic heterocycles. The van der Waals surface area contributed by atoms with E-state index in [1.165, 1.54) is 18.2 Å². The standard InChI is InChI=1S/C25H34N2O5/c1-7-27(14-16(2)3)22-11-8-17(12-20(22)25(4,5)6)21(26-31)15-32-18-9-10-19(24(29)30)23(28)13-18/h8-13,16,28,31H,7,14-15H2,1-6H3,(H,29,30)/b26-21-. The first-order valence-corrected chi connectivity index (χ1v) is 10.8. The molecule has 0 amide bonds. The van der Waals surface area contributed by atoms with Crippen LogP contribution in [0.4, 0.5) is 5.69 Å². The molecule has 0 aromatic heterocycles. The van der Waals surface area contributed by atoms with Crippen LogP contribution in [-0.2, 0) is 5.41 Å². The van der Waals surface area contributed by atoms with E-state index < -0.39 is 5.97 Å². The number of carbonyl (C=O) groups is 1. The molecule has 174 valence electrons. The number of hydrogen-bond acceptors (Lipinski definition) is 6. The summed E-state index contributed by atoms with van der Waals surface area (Å²) in [6, 6.07) is 9.95. The highest BCUT2D eigenvalue weighted by Crippen LogP contribution is 2.34. The molecule has 0 bridgehead atoms. The van der Waals surface area contributed by atoms with Gasteiger partial charge in [0.15, 0.2) is 0 Å². The van der Waals surface area contributed by atoms with Gasteiger partial charge >= 0.3 is 5.97 Å². The Hall–Kier alpha value is -3.22. The Kier molecular flexibility index (Phi) is 8.14. The second-order valence-corrected chi connectivity index (χ2v) is 9.23. The van der Waals surface area contributed by atoms with Crippen LogP contribution >= 0.6 is 0 Å². The third kappa shape index (κ3) is 6.15. The number of nitrogens with zero attached hydrogens (tertiary/aromatic N) is 2. The van der Waals surface area contributed by atoms with Gasteiger partial charge < -0.3 is 25.1 Å². The molecular formula is C25H34N2O5. The summed E-state index contributed by atoms with van der Waals surface area (Å²) < 4.78 is 5.65. The number of carboxylic acid groups (broad SMARTS) is 1. The van der Waals surface area contributed by atoms with Crippen LogP contribution in [0.15, 0.2) is 41.6 Å². The average Bonchev–Trinajstić information content (AvgIpc) is 2.71. The van der Waals surface area contributed by atoms with Gasteiger partial charge in [-0.3, -0.25) is 0 Å². The molecular weight excluding hydrogens is 408 g/mol. The molecule has 0 atom stereocenters. The largest absolute Gasteiger partial charge is 0.507 e. The van der Waals surface area contributed by atoms with Crippen molar-refractivity contribution in [1.29, 1.82) is 0 Å². The second kappa shape index (κ2) is 10.4. The number of benzene rings is 2. The minimum atomic E-state index is -1.22. The summed E-state index contributed by atoms with van der Waals surface area (Å²) in [5.41, 5.74) is 3.02. The Bertz CT molecular complexity index is 977. The number of anilines is 1. The summed E-state index contributed by atoms with van der Waals surface area (Å²) >= 11 is 0. The summed E-state index contributed by atoms with van der Waals surface area (Å²) in [5, 5.41) is 31.9. The van der Waals surface area contributed by atoms with Gasteiger partial charge in [0, 0.05) is 30.4 Å². The van der Waals surface area contributed by atoms with Gasteiger partial charge in [-0.05, 0) is 48.1 Å². The normalized spacial score (nSPS) is 12.2. The fourth-order valence-corrected chi connectivity index (χ4v) is 3.53. The lowest BCUT2D eigenvalue weighted by atomic mass is 9.83. The van der Waals surface area contributed by atoms with Gasteiger partial charge in [0.2, 0.25) is 0 Å². The van der Waals surface area contributed by atoms with Gasteiger partial charge in [-0.25, -0.2) is 4.79 Å². The summed E-state index contributed by atoms with van der Waals surface area (Å²) in [4.78, 5) is 13.4. The molecule has 7 nitrogen and oxygen atoms in total. The van der Waals surface area contributed by atoms with Crippen LogP contribution < -0.4 is 9.64 Å². The molecule has 0 spiro atoms. The molecule has 2 rings (SSSR count). The minimum absolute atomic E-state index is 0.0469. The molecule has 0 heterocycles. The maximum atomic E-state index is 11.0. The molecule has 2 aromatic carbocycles. The van der Waals surface area contributed by atoms with Crippen molar-refractivity contribution in [3.8, 4) is 11.5 Å². The van der Waals surface area contributed by atoms with E-state index in [1.54, 1.807) is 0 Å². The van der Waals surface area contributed by atoms with Crippen LogP contribution in [0.1, 0.15) is 63.0 Å². The predicted octanol–water partition coefficient (Wildman–Crippen LogP) is 5.13. The molecule has 0 aliphatic rings. The van der Waals surface area contributed by atoms with Gasteiger partial charge in [0.1, 0.15) is 29.4 Å². The SMILES string of the molecule is CCN(CC(C)C)c1ccc(/C(COc2ccc(C(=O)O)c(O)c2)=N\O)cc1C(C)(C)C. The topological polar surface area (TPSA) is 103 Å². The molecule has 0 radical (unpaired) electrons.